The number of nitrogens with one attached hydrogen (secondary N) is 1. The average Bonchev–Trinajstić information content (AvgIpc) is 2.28. The average molecular weight is 269 g/mol. The molecule has 0 saturated heterocycles. The highest BCUT2D eigenvalue weighted by Gasteiger charge is 2.21. The van der Waals surface area contributed by atoms with Crippen molar-refractivity contribution in [2.75, 3.05) is 11.9 Å². The van der Waals surface area contributed by atoms with Crippen LogP contribution in [0.3, 0.4) is 0 Å². The molecule has 1 aromatic carbocycles. The van der Waals surface area contributed by atoms with Gasteiger partial charge in [-0.2, -0.15) is 4.39 Å². The number of anilines is 1. The minimum Gasteiger partial charge on any atom is -0.330 e. The van der Waals surface area contributed by atoms with Crippen LogP contribution in [-0.4, -0.2) is 17.4 Å². The number of rotatable bonds is 5. The molecule has 0 heterocycles. The Morgan fingerprint density at radius 3 is 2.58 bits per heavy atom. The molecule has 104 valence electrons. The molecule has 0 radical (unpaired) electrons. The smallest absolute Gasteiger partial charge is 0.304 e. The fourth-order valence-electron chi connectivity index (χ4n) is 1.65. The van der Waals surface area contributed by atoms with Crippen molar-refractivity contribution in [1.82, 2.24) is 0 Å². The largest absolute Gasteiger partial charge is 0.330 e. The van der Waals surface area contributed by atoms with Crippen LogP contribution in [0.15, 0.2) is 18.2 Å². The molecule has 0 spiro atoms. The second kappa shape index (κ2) is 6.24. The van der Waals surface area contributed by atoms with Gasteiger partial charge in [0.25, 0.3) is 0 Å². The van der Waals surface area contributed by atoms with Crippen LogP contribution in [-0.2, 0) is 4.79 Å². The lowest BCUT2D eigenvalue weighted by molar-refractivity contribution is -0.387. The molecule has 1 unspecified atom stereocenters. The number of carbonyl (C=O) groups excluding carboxylic acids is 1. The van der Waals surface area contributed by atoms with E-state index in [4.69, 9.17) is 5.73 Å². The van der Waals surface area contributed by atoms with E-state index in [1.807, 2.05) is 13.8 Å². The zero-order valence-electron chi connectivity index (χ0n) is 10.7. The summed E-state index contributed by atoms with van der Waals surface area (Å²) in [5.74, 6) is -1.66. The van der Waals surface area contributed by atoms with E-state index < -0.39 is 22.3 Å². The number of nitrogens with two attached hydrogens (primary N) is 1. The standard InChI is InChI=1S/C12H16FN3O3/c1-7(2)9(6-14)12(17)15-8-3-4-11(16(18)19)10(13)5-8/h3-5,7,9H,6,14H2,1-2H3,(H,15,17). The maximum Gasteiger partial charge on any atom is 0.304 e. The summed E-state index contributed by atoms with van der Waals surface area (Å²) in [7, 11) is 0. The second-order valence-electron chi connectivity index (χ2n) is 4.50. The summed E-state index contributed by atoms with van der Waals surface area (Å²) in [4.78, 5) is 21.5. The molecule has 1 aromatic rings. The van der Waals surface area contributed by atoms with Gasteiger partial charge < -0.3 is 11.1 Å². The third-order valence-electron chi connectivity index (χ3n) is 2.81. The van der Waals surface area contributed by atoms with Crippen molar-refractivity contribution >= 4 is 17.3 Å². The highest BCUT2D eigenvalue weighted by atomic mass is 19.1. The Balaban J connectivity index is 2.86. The minimum absolute atomic E-state index is 0.0490. The van der Waals surface area contributed by atoms with Crippen LogP contribution < -0.4 is 11.1 Å². The molecule has 0 saturated carbocycles. The number of hydrogen-bond acceptors (Lipinski definition) is 4. The van der Waals surface area contributed by atoms with Gasteiger partial charge in [0, 0.05) is 24.4 Å². The number of amides is 1. The molecule has 19 heavy (non-hydrogen) atoms. The van der Waals surface area contributed by atoms with Gasteiger partial charge >= 0.3 is 5.69 Å². The molecule has 0 aliphatic rings. The Labute approximate surface area is 109 Å². The van der Waals surface area contributed by atoms with E-state index in [1.54, 1.807) is 0 Å². The SMILES string of the molecule is CC(C)C(CN)C(=O)Nc1ccc([N+](=O)[O-])c(F)c1. The Morgan fingerprint density at radius 2 is 2.16 bits per heavy atom. The third-order valence-corrected chi connectivity index (χ3v) is 2.81. The first-order valence-corrected chi connectivity index (χ1v) is 5.81. The topological polar surface area (TPSA) is 98.3 Å². The predicted octanol–water partition coefficient (Wildman–Crippen LogP) is 1.90. The van der Waals surface area contributed by atoms with Gasteiger partial charge in [0.15, 0.2) is 0 Å². The summed E-state index contributed by atoms with van der Waals surface area (Å²) in [6, 6.07) is 3.22. The molecule has 1 atom stereocenters. The van der Waals surface area contributed by atoms with E-state index in [-0.39, 0.29) is 24.1 Å². The molecule has 0 aliphatic heterocycles. The van der Waals surface area contributed by atoms with Crippen LogP contribution in [0.2, 0.25) is 0 Å². The maximum atomic E-state index is 13.4. The van der Waals surface area contributed by atoms with Crippen molar-refractivity contribution in [3.05, 3.63) is 34.1 Å². The van der Waals surface area contributed by atoms with Crippen molar-refractivity contribution in [3.8, 4) is 0 Å². The van der Waals surface area contributed by atoms with Crippen LogP contribution in [0.25, 0.3) is 0 Å². The number of benzene rings is 1. The minimum atomic E-state index is -0.989. The van der Waals surface area contributed by atoms with E-state index in [0.717, 1.165) is 12.1 Å². The highest BCUT2D eigenvalue weighted by molar-refractivity contribution is 5.93. The summed E-state index contributed by atoms with van der Waals surface area (Å²) < 4.78 is 13.4. The molecule has 1 rings (SSSR count). The van der Waals surface area contributed by atoms with Gasteiger partial charge in [-0.05, 0) is 12.0 Å². The number of nitro groups is 1. The lowest BCUT2D eigenvalue weighted by atomic mass is 9.95. The predicted molar refractivity (Wildman–Crippen MR) is 69.1 cm³/mol. The molecule has 7 heteroatoms. The van der Waals surface area contributed by atoms with Crippen LogP contribution in [0.1, 0.15) is 13.8 Å². The molecule has 6 nitrogen and oxygen atoms in total. The molecule has 0 fully saturated rings. The van der Waals surface area contributed by atoms with Crippen molar-refractivity contribution in [2.24, 2.45) is 17.6 Å². The van der Waals surface area contributed by atoms with Crippen molar-refractivity contribution in [3.63, 3.8) is 0 Å². The lowest BCUT2D eigenvalue weighted by Gasteiger charge is -2.18. The summed E-state index contributed by atoms with van der Waals surface area (Å²) in [6.07, 6.45) is 0. The van der Waals surface area contributed by atoms with E-state index in [9.17, 15) is 19.3 Å². The van der Waals surface area contributed by atoms with Gasteiger partial charge in [0.1, 0.15) is 0 Å². The van der Waals surface area contributed by atoms with Gasteiger partial charge in [-0.25, -0.2) is 0 Å². The van der Waals surface area contributed by atoms with Crippen molar-refractivity contribution in [1.29, 1.82) is 0 Å². The van der Waals surface area contributed by atoms with E-state index >= 15 is 0 Å². The Hall–Kier alpha value is -2.02. The maximum absolute atomic E-state index is 13.4. The van der Waals surface area contributed by atoms with Gasteiger partial charge in [-0.3, -0.25) is 14.9 Å². The lowest BCUT2D eigenvalue weighted by Crippen LogP contribution is -2.33. The molecule has 0 bridgehead atoms. The quantitative estimate of drug-likeness (QED) is 0.630. The number of nitro benzene ring substituents is 1. The summed E-state index contributed by atoms with van der Waals surface area (Å²) in [5.41, 5.74) is 5.04. The summed E-state index contributed by atoms with van der Waals surface area (Å²) in [5, 5.41) is 13.0. The van der Waals surface area contributed by atoms with E-state index in [1.165, 1.54) is 6.07 Å². The summed E-state index contributed by atoms with van der Waals surface area (Å²) in [6.45, 7) is 3.89. The number of halogens is 1. The third kappa shape index (κ3) is 3.72. The Kier molecular flexibility index (Phi) is 4.94. The van der Waals surface area contributed by atoms with E-state index in [2.05, 4.69) is 5.32 Å². The van der Waals surface area contributed by atoms with Crippen molar-refractivity contribution in [2.45, 2.75) is 13.8 Å². The number of carbonyl (C=O) groups is 1. The monoisotopic (exact) mass is 269 g/mol. The molecule has 3 N–H and O–H groups in total. The zero-order chi connectivity index (χ0) is 14.6. The van der Waals surface area contributed by atoms with Gasteiger partial charge in [-0.15, -0.1) is 0 Å². The Bertz CT molecular complexity index is 491. The first kappa shape index (κ1) is 15.0. The van der Waals surface area contributed by atoms with Crippen LogP contribution in [0.4, 0.5) is 15.8 Å². The highest BCUT2D eigenvalue weighted by Crippen LogP contribution is 2.21. The van der Waals surface area contributed by atoms with Crippen LogP contribution in [0, 0.1) is 27.8 Å². The fourth-order valence-corrected chi connectivity index (χ4v) is 1.65. The second-order valence-corrected chi connectivity index (χ2v) is 4.50. The molecule has 0 aromatic heterocycles. The Morgan fingerprint density at radius 1 is 1.53 bits per heavy atom. The van der Waals surface area contributed by atoms with Crippen molar-refractivity contribution < 1.29 is 14.1 Å². The fraction of sp³-hybridized carbons (Fsp3) is 0.417. The molecular formula is C12H16FN3O3. The number of nitrogens with zero attached hydrogens (tertiary/aromatic N) is 1. The van der Waals surface area contributed by atoms with E-state index in [0.29, 0.717) is 0 Å². The summed E-state index contributed by atoms with van der Waals surface area (Å²) >= 11 is 0. The number of hydrogen-bond donors (Lipinski definition) is 2. The molecule has 0 aliphatic carbocycles. The van der Waals surface area contributed by atoms with Gasteiger partial charge in [-0.1, -0.05) is 13.8 Å². The molecular weight excluding hydrogens is 253 g/mol. The first-order chi connectivity index (χ1) is 8.86. The first-order valence-electron chi connectivity index (χ1n) is 5.81. The normalized spacial score (nSPS) is 12.3. The van der Waals surface area contributed by atoms with Crippen LogP contribution in [0.5, 0.6) is 0 Å². The zero-order valence-corrected chi connectivity index (χ0v) is 10.7. The van der Waals surface area contributed by atoms with Gasteiger partial charge in [0.2, 0.25) is 11.7 Å². The van der Waals surface area contributed by atoms with Gasteiger partial charge in [0.05, 0.1) is 10.8 Å². The molecule has 1 amide bonds. The van der Waals surface area contributed by atoms with Crippen LogP contribution >= 0.6 is 0 Å².